The molecule has 0 aliphatic carbocycles. The van der Waals surface area contributed by atoms with E-state index in [1.807, 2.05) is 0 Å². The first-order valence-corrected chi connectivity index (χ1v) is 4.40. The van der Waals surface area contributed by atoms with E-state index in [-0.39, 0.29) is 0 Å². The van der Waals surface area contributed by atoms with Crippen LogP contribution in [0.5, 0.6) is 0 Å². The molecule has 2 heterocycles. The fourth-order valence-corrected chi connectivity index (χ4v) is 2.97. The van der Waals surface area contributed by atoms with Crippen molar-refractivity contribution >= 4 is 17.7 Å². The summed E-state index contributed by atoms with van der Waals surface area (Å²) in [7, 11) is 0. The second-order valence-electron chi connectivity index (χ2n) is 2.87. The van der Waals surface area contributed by atoms with Crippen LogP contribution in [0, 0.1) is 0 Å². The zero-order valence-corrected chi connectivity index (χ0v) is 6.28. The van der Waals surface area contributed by atoms with Crippen molar-refractivity contribution < 1.29 is 9.90 Å². The minimum Gasteiger partial charge on any atom is -0.480 e. The molecule has 0 saturated carbocycles. The zero-order valence-electron chi connectivity index (χ0n) is 5.46. The average Bonchev–Trinajstić information content (AvgIpc) is 2.45. The van der Waals surface area contributed by atoms with E-state index < -0.39 is 11.5 Å². The predicted octanol–water partition coefficient (Wildman–Crippen LogP) is 0.266. The Balaban J connectivity index is 2.23. The van der Waals surface area contributed by atoms with E-state index in [1.54, 1.807) is 11.8 Å². The van der Waals surface area contributed by atoms with Gasteiger partial charge >= 0.3 is 5.97 Å². The van der Waals surface area contributed by atoms with Crippen molar-refractivity contribution in [2.45, 2.75) is 23.8 Å². The number of hydrogen-bond donors (Lipinski definition) is 2. The molecule has 0 radical (unpaired) electrons. The first kappa shape index (κ1) is 6.49. The molecule has 0 amide bonds. The van der Waals surface area contributed by atoms with Gasteiger partial charge < -0.3 is 5.11 Å². The van der Waals surface area contributed by atoms with Crippen molar-refractivity contribution in [1.29, 1.82) is 0 Å². The summed E-state index contributed by atoms with van der Waals surface area (Å²) < 4.78 is 0. The van der Waals surface area contributed by atoms with Crippen LogP contribution in [0.1, 0.15) is 12.8 Å². The molecule has 2 aliphatic heterocycles. The summed E-state index contributed by atoms with van der Waals surface area (Å²) in [4.78, 5) is 10.7. The molecule has 2 atom stereocenters. The van der Waals surface area contributed by atoms with Gasteiger partial charge in [-0.1, -0.05) is 0 Å². The highest BCUT2D eigenvalue weighted by molar-refractivity contribution is 8.00. The molecule has 10 heavy (non-hydrogen) atoms. The monoisotopic (exact) mass is 159 g/mol. The molecule has 0 aromatic carbocycles. The Labute approximate surface area is 63.2 Å². The molecule has 2 bridgehead atoms. The normalized spacial score (nSPS) is 44.2. The number of nitrogens with one attached hydrogen (secondary N) is 1. The number of thioether (sulfide) groups is 1. The first-order valence-electron chi connectivity index (χ1n) is 3.36. The Morgan fingerprint density at radius 3 is 2.80 bits per heavy atom. The molecule has 3 nitrogen and oxygen atoms in total. The third kappa shape index (κ3) is 0.689. The summed E-state index contributed by atoms with van der Waals surface area (Å²) >= 11 is 1.73. The molecule has 2 fully saturated rings. The smallest absolute Gasteiger partial charge is 0.324 e. The number of hydrogen-bond acceptors (Lipinski definition) is 3. The second-order valence-corrected chi connectivity index (χ2v) is 4.06. The van der Waals surface area contributed by atoms with Crippen LogP contribution in [0.2, 0.25) is 0 Å². The molecule has 0 aromatic rings. The van der Waals surface area contributed by atoms with E-state index in [4.69, 9.17) is 5.11 Å². The minimum atomic E-state index is -0.681. The van der Waals surface area contributed by atoms with Gasteiger partial charge in [0.1, 0.15) is 5.54 Å². The molecule has 0 spiro atoms. The summed E-state index contributed by atoms with van der Waals surface area (Å²) in [5, 5.41) is 12.3. The lowest BCUT2D eigenvalue weighted by Crippen LogP contribution is -2.46. The Kier molecular flexibility index (Phi) is 1.22. The largest absolute Gasteiger partial charge is 0.480 e. The van der Waals surface area contributed by atoms with Crippen LogP contribution in [0.3, 0.4) is 0 Å². The van der Waals surface area contributed by atoms with E-state index in [1.165, 1.54) is 0 Å². The van der Waals surface area contributed by atoms with E-state index in [0.717, 1.165) is 18.6 Å². The number of aliphatic carboxylic acids is 1. The summed E-state index contributed by atoms with van der Waals surface area (Å²) in [5.74, 6) is 0.0625. The van der Waals surface area contributed by atoms with Crippen molar-refractivity contribution in [1.82, 2.24) is 5.32 Å². The van der Waals surface area contributed by atoms with Crippen molar-refractivity contribution in [2.24, 2.45) is 0 Å². The van der Waals surface area contributed by atoms with E-state index in [0.29, 0.717) is 5.37 Å². The van der Waals surface area contributed by atoms with Crippen molar-refractivity contribution in [3.63, 3.8) is 0 Å². The van der Waals surface area contributed by atoms with Crippen molar-refractivity contribution in [3.05, 3.63) is 0 Å². The Bertz CT molecular complexity index is 175. The van der Waals surface area contributed by atoms with Gasteiger partial charge in [-0.2, -0.15) is 0 Å². The molecule has 2 saturated heterocycles. The third-order valence-electron chi connectivity index (χ3n) is 2.21. The predicted molar refractivity (Wildman–Crippen MR) is 39.0 cm³/mol. The minimum absolute atomic E-state index is 0.413. The maximum absolute atomic E-state index is 10.7. The Morgan fingerprint density at radius 1 is 1.80 bits per heavy atom. The maximum Gasteiger partial charge on any atom is 0.324 e. The van der Waals surface area contributed by atoms with Crippen LogP contribution in [0.15, 0.2) is 0 Å². The van der Waals surface area contributed by atoms with Gasteiger partial charge in [-0.05, 0) is 12.8 Å². The topological polar surface area (TPSA) is 49.3 Å². The summed E-state index contributed by atoms with van der Waals surface area (Å²) in [6.45, 7) is 0. The number of fused-ring (bicyclic) bond motifs is 2. The van der Waals surface area contributed by atoms with Crippen molar-refractivity contribution in [2.75, 3.05) is 5.75 Å². The highest BCUT2D eigenvalue weighted by Crippen LogP contribution is 2.39. The van der Waals surface area contributed by atoms with Crippen LogP contribution < -0.4 is 5.32 Å². The van der Waals surface area contributed by atoms with Crippen LogP contribution in [-0.2, 0) is 4.79 Å². The number of carboxylic acids is 1. The van der Waals surface area contributed by atoms with Gasteiger partial charge in [-0.25, -0.2) is 0 Å². The molecule has 2 aliphatic rings. The third-order valence-corrected chi connectivity index (χ3v) is 3.63. The van der Waals surface area contributed by atoms with Gasteiger partial charge in [0.25, 0.3) is 0 Å². The lowest BCUT2D eigenvalue weighted by atomic mass is 10.0. The molecule has 0 unspecified atom stereocenters. The summed E-state index contributed by atoms with van der Waals surface area (Å²) in [6.07, 6.45) is 1.82. The van der Waals surface area contributed by atoms with Crippen LogP contribution >= 0.6 is 11.8 Å². The quantitative estimate of drug-likeness (QED) is 0.576. The fourth-order valence-electron chi connectivity index (χ4n) is 1.54. The van der Waals surface area contributed by atoms with Gasteiger partial charge in [0, 0.05) is 5.75 Å². The Hall–Kier alpha value is -0.220. The van der Waals surface area contributed by atoms with Gasteiger partial charge in [-0.15, -0.1) is 11.8 Å². The van der Waals surface area contributed by atoms with E-state index in [9.17, 15) is 4.79 Å². The van der Waals surface area contributed by atoms with Crippen LogP contribution in [-0.4, -0.2) is 27.7 Å². The highest BCUT2D eigenvalue weighted by atomic mass is 32.2. The lowest BCUT2D eigenvalue weighted by Gasteiger charge is -2.18. The van der Waals surface area contributed by atoms with Crippen LogP contribution in [0.25, 0.3) is 0 Å². The zero-order chi connectivity index (χ0) is 7.19. The first-order chi connectivity index (χ1) is 4.73. The van der Waals surface area contributed by atoms with Crippen LogP contribution in [0.4, 0.5) is 0 Å². The maximum atomic E-state index is 10.7. The summed E-state index contributed by atoms with van der Waals surface area (Å²) in [5.41, 5.74) is -0.560. The number of carboxylic acid groups (broad SMARTS) is 1. The second kappa shape index (κ2) is 1.89. The Morgan fingerprint density at radius 2 is 2.60 bits per heavy atom. The van der Waals surface area contributed by atoms with Gasteiger partial charge in [-0.3, -0.25) is 10.1 Å². The molecule has 56 valence electrons. The van der Waals surface area contributed by atoms with E-state index in [2.05, 4.69) is 5.32 Å². The number of carbonyl (C=O) groups is 1. The lowest BCUT2D eigenvalue weighted by molar-refractivity contribution is -0.143. The van der Waals surface area contributed by atoms with Crippen molar-refractivity contribution in [3.8, 4) is 0 Å². The molecule has 0 aromatic heterocycles. The van der Waals surface area contributed by atoms with E-state index >= 15 is 0 Å². The van der Waals surface area contributed by atoms with Gasteiger partial charge in [0.05, 0.1) is 5.37 Å². The standard InChI is InChI=1S/C6H9NO2S/c8-5(9)6-2-1-4(7-6)10-3-6/h4,7H,1-3H2,(H,8,9)/t4-,6-/m1/s1. The fraction of sp³-hybridized carbons (Fsp3) is 0.833. The molecule has 4 heteroatoms. The molecular formula is C6H9NO2S. The molecule has 2 N–H and O–H groups in total. The molecular weight excluding hydrogens is 150 g/mol. The van der Waals surface area contributed by atoms with Gasteiger partial charge in [0.2, 0.25) is 0 Å². The van der Waals surface area contributed by atoms with Gasteiger partial charge in [0.15, 0.2) is 0 Å². The summed E-state index contributed by atoms with van der Waals surface area (Å²) in [6, 6.07) is 0. The molecule has 2 rings (SSSR count). The average molecular weight is 159 g/mol. The SMILES string of the molecule is O=C(O)[C@]12CC[C@H](N1)SC2. The highest BCUT2D eigenvalue weighted by Gasteiger charge is 2.50. The number of rotatable bonds is 1.